The van der Waals surface area contributed by atoms with Crippen LogP contribution in [0.4, 0.5) is 0 Å². The molecule has 1 aromatic rings. The van der Waals surface area contributed by atoms with Gasteiger partial charge in [-0.1, -0.05) is 192 Å². The third kappa shape index (κ3) is 31.5. The van der Waals surface area contributed by atoms with Crippen LogP contribution in [0.15, 0.2) is 47.4 Å². The highest BCUT2D eigenvalue weighted by Gasteiger charge is 2.23. The van der Waals surface area contributed by atoms with Crippen LogP contribution in [0.25, 0.3) is 0 Å². The van der Waals surface area contributed by atoms with E-state index in [0.717, 1.165) is 57.1 Å². The van der Waals surface area contributed by atoms with Crippen LogP contribution in [0.5, 0.6) is 0 Å². The minimum Gasteiger partial charge on any atom is -0.462 e. The summed E-state index contributed by atoms with van der Waals surface area (Å²) in [6.07, 6.45) is 50.9. The Kier molecular flexibility index (Phi) is 35.8. The first-order valence-corrected chi connectivity index (χ1v) is 25.5. The number of benzene rings is 1. The normalized spacial score (nSPS) is 11.9. The maximum atomic E-state index is 13.0. The average molecular weight is 831 g/mol. The van der Waals surface area contributed by atoms with Crippen molar-refractivity contribution in [1.29, 1.82) is 0 Å². The van der Waals surface area contributed by atoms with Gasteiger partial charge in [0.2, 0.25) is 0 Å². The van der Waals surface area contributed by atoms with Crippen LogP contribution >= 0.6 is 0 Å². The summed E-state index contributed by atoms with van der Waals surface area (Å²) in [4.78, 5) is 25.5. The molecule has 334 valence electrons. The number of rotatable bonds is 41. The first kappa shape index (κ1) is 53.6. The van der Waals surface area contributed by atoms with E-state index >= 15 is 0 Å². The second kappa shape index (κ2) is 38.7. The standard InChI is InChI=1S/C50H86O7S/c1-3-5-7-9-11-13-15-17-19-21-23-25-27-29-31-33-35-37-39-43-56-49(51)47-42-41-46(58(53,54)55)45-48(47)50(52)57-44-40-38-36-34-32-30-28-26-24-22-20-18-16-14-12-10-8-6-4-2/h17-20,41-42,45H,3-16,21-40,43-44H2,1-2H3,(H,53,54,55)/b19-17+,20-18+. The van der Waals surface area contributed by atoms with Crippen molar-refractivity contribution in [1.82, 2.24) is 0 Å². The summed E-state index contributed by atoms with van der Waals surface area (Å²) in [6, 6.07) is 3.31. The second-order valence-corrected chi connectivity index (χ2v) is 17.9. The number of carbonyl (C=O) groups excluding carboxylic acids is 2. The highest BCUT2D eigenvalue weighted by Crippen LogP contribution is 2.20. The highest BCUT2D eigenvalue weighted by atomic mass is 32.2. The van der Waals surface area contributed by atoms with Gasteiger partial charge in [0.05, 0.1) is 29.2 Å². The van der Waals surface area contributed by atoms with E-state index in [1.165, 1.54) is 173 Å². The van der Waals surface area contributed by atoms with E-state index in [1.807, 2.05) is 0 Å². The Hall–Kier alpha value is -2.45. The topological polar surface area (TPSA) is 107 Å². The molecule has 0 heterocycles. The van der Waals surface area contributed by atoms with Crippen molar-refractivity contribution in [3.8, 4) is 0 Å². The van der Waals surface area contributed by atoms with Gasteiger partial charge in [-0.25, -0.2) is 9.59 Å². The van der Waals surface area contributed by atoms with Gasteiger partial charge in [-0.3, -0.25) is 4.55 Å². The first-order chi connectivity index (χ1) is 28.3. The Morgan fingerprint density at radius 3 is 1.07 bits per heavy atom. The van der Waals surface area contributed by atoms with Crippen molar-refractivity contribution in [3.05, 3.63) is 53.6 Å². The molecule has 0 aromatic heterocycles. The maximum absolute atomic E-state index is 13.0. The Labute approximate surface area is 356 Å². The smallest absolute Gasteiger partial charge is 0.339 e. The van der Waals surface area contributed by atoms with Crippen molar-refractivity contribution in [3.63, 3.8) is 0 Å². The van der Waals surface area contributed by atoms with Gasteiger partial charge < -0.3 is 9.47 Å². The van der Waals surface area contributed by atoms with Gasteiger partial charge in [0.25, 0.3) is 10.1 Å². The average Bonchev–Trinajstić information content (AvgIpc) is 3.21. The summed E-state index contributed by atoms with van der Waals surface area (Å²) in [5.74, 6) is -1.50. The fourth-order valence-corrected chi connectivity index (χ4v) is 7.78. The lowest BCUT2D eigenvalue weighted by Gasteiger charge is -2.11. The number of carbonyl (C=O) groups is 2. The third-order valence-electron chi connectivity index (χ3n) is 11.0. The van der Waals surface area contributed by atoms with E-state index in [4.69, 9.17) is 9.47 Å². The van der Waals surface area contributed by atoms with Crippen molar-refractivity contribution in [2.45, 2.75) is 237 Å². The number of hydrogen-bond acceptors (Lipinski definition) is 6. The molecule has 1 N–H and O–H groups in total. The number of ether oxygens (including phenoxy) is 2. The van der Waals surface area contributed by atoms with Crippen LogP contribution < -0.4 is 0 Å². The summed E-state index contributed by atoms with van der Waals surface area (Å²) >= 11 is 0. The molecule has 0 radical (unpaired) electrons. The predicted molar refractivity (Wildman–Crippen MR) is 243 cm³/mol. The molecule has 0 spiro atoms. The molecule has 0 saturated carbocycles. The molecule has 58 heavy (non-hydrogen) atoms. The lowest BCUT2D eigenvalue weighted by Crippen LogP contribution is -2.16. The van der Waals surface area contributed by atoms with Crippen LogP contribution in [-0.2, 0) is 19.6 Å². The summed E-state index contributed by atoms with van der Waals surface area (Å²) in [6.45, 7) is 4.91. The Bertz CT molecular complexity index is 1300. The van der Waals surface area contributed by atoms with E-state index in [0.29, 0.717) is 6.42 Å². The molecule has 7 nitrogen and oxygen atoms in total. The fraction of sp³-hybridized carbons (Fsp3) is 0.760. The zero-order valence-corrected chi connectivity index (χ0v) is 38.1. The Balaban J connectivity index is 2.17. The van der Waals surface area contributed by atoms with Crippen molar-refractivity contribution in [2.24, 2.45) is 0 Å². The van der Waals surface area contributed by atoms with Gasteiger partial charge >= 0.3 is 11.9 Å². The van der Waals surface area contributed by atoms with E-state index in [-0.39, 0.29) is 24.3 Å². The van der Waals surface area contributed by atoms with Crippen LogP contribution in [0.3, 0.4) is 0 Å². The molecule has 0 aliphatic heterocycles. The van der Waals surface area contributed by atoms with E-state index in [9.17, 15) is 22.6 Å². The maximum Gasteiger partial charge on any atom is 0.339 e. The van der Waals surface area contributed by atoms with E-state index in [1.54, 1.807) is 0 Å². The molecule has 0 aliphatic carbocycles. The zero-order chi connectivity index (χ0) is 42.2. The summed E-state index contributed by atoms with van der Waals surface area (Å²) in [5.41, 5.74) is -0.271. The summed E-state index contributed by atoms with van der Waals surface area (Å²) in [5, 5.41) is 0. The van der Waals surface area contributed by atoms with Gasteiger partial charge in [-0.05, 0) is 82.4 Å². The quantitative estimate of drug-likeness (QED) is 0.0303. The van der Waals surface area contributed by atoms with Gasteiger partial charge in [0.1, 0.15) is 0 Å². The van der Waals surface area contributed by atoms with Crippen molar-refractivity contribution >= 4 is 22.1 Å². The van der Waals surface area contributed by atoms with Crippen molar-refractivity contribution in [2.75, 3.05) is 13.2 Å². The lowest BCUT2D eigenvalue weighted by atomic mass is 10.1. The molecule has 0 amide bonds. The largest absolute Gasteiger partial charge is 0.462 e. The van der Waals surface area contributed by atoms with E-state index < -0.39 is 27.0 Å². The van der Waals surface area contributed by atoms with Crippen LogP contribution in [0.1, 0.15) is 253 Å². The van der Waals surface area contributed by atoms with Gasteiger partial charge in [-0.15, -0.1) is 0 Å². The number of esters is 2. The molecule has 8 heteroatoms. The SMILES string of the molecule is CCCCCCCC/C=C/CCCCCCCCCCCOC(=O)c1ccc(S(=O)(=O)O)cc1C(=O)OCCCCCCCCCCC/C=C/CCCCCCCC. The zero-order valence-electron chi connectivity index (χ0n) is 37.3. The number of allylic oxidation sites excluding steroid dienone is 4. The number of hydrogen-bond donors (Lipinski definition) is 1. The van der Waals surface area contributed by atoms with Crippen LogP contribution in [-0.4, -0.2) is 38.1 Å². The Morgan fingerprint density at radius 1 is 0.448 bits per heavy atom. The predicted octanol–water partition coefficient (Wildman–Crippen LogP) is 15.7. The highest BCUT2D eigenvalue weighted by molar-refractivity contribution is 7.85. The van der Waals surface area contributed by atoms with Gasteiger partial charge in [-0.2, -0.15) is 8.42 Å². The number of unbranched alkanes of at least 4 members (excludes halogenated alkanes) is 30. The molecule has 0 unspecified atom stereocenters. The van der Waals surface area contributed by atoms with Crippen LogP contribution in [0, 0.1) is 0 Å². The van der Waals surface area contributed by atoms with Crippen LogP contribution in [0.2, 0.25) is 0 Å². The third-order valence-corrected chi connectivity index (χ3v) is 11.9. The van der Waals surface area contributed by atoms with E-state index in [2.05, 4.69) is 38.2 Å². The molecule has 0 aliphatic rings. The molecule has 1 aromatic carbocycles. The first-order valence-electron chi connectivity index (χ1n) is 24.1. The molecule has 1 rings (SSSR count). The molecule has 0 saturated heterocycles. The minimum atomic E-state index is -4.57. The van der Waals surface area contributed by atoms with Gasteiger partial charge in [0, 0.05) is 0 Å². The lowest BCUT2D eigenvalue weighted by molar-refractivity contribution is 0.0450. The van der Waals surface area contributed by atoms with Crippen molar-refractivity contribution < 1.29 is 32.0 Å². The Morgan fingerprint density at radius 2 is 0.741 bits per heavy atom. The molecular weight excluding hydrogens is 745 g/mol. The molecular formula is C50H86O7S. The molecule has 0 atom stereocenters. The fourth-order valence-electron chi connectivity index (χ4n) is 7.28. The minimum absolute atomic E-state index is 0.0603. The summed E-state index contributed by atoms with van der Waals surface area (Å²) in [7, 11) is -4.57. The molecule has 0 bridgehead atoms. The van der Waals surface area contributed by atoms with Gasteiger partial charge in [0.15, 0.2) is 0 Å². The monoisotopic (exact) mass is 831 g/mol. The molecule has 0 fully saturated rings. The summed E-state index contributed by atoms with van der Waals surface area (Å²) < 4.78 is 44.0. The second-order valence-electron chi connectivity index (χ2n) is 16.5.